The number of rotatable bonds is 7. The first-order valence-electron chi connectivity index (χ1n) is 8.77. The fraction of sp³-hybridized carbons (Fsp3) is 0.250. The van der Waals surface area contributed by atoms with Crippen LogP contribution in [0.4, 0.5) is 5.69 Å². The summed E-state index contributed by atoms with van der Waals surface area (Å²) < 4.78 is 5.72. The fourth-order valence-corrected chi connectivity index (χ4v) is 2.56. The molecule has 4 N–H and O–H groups in total. The van der Waals surface area contributed by atoms with Crippen LogP contribution in [0.25, 0.3) is 11.4 Å². The molecule has 0 atom stereocenters. The number of nitrogens with one attached hydrogen (secondary N) is 2. The normalized spacial score (nSPS) is 10.6. The summed E-state index contributed by atoms with van der Waals surface area (Å²) in [5, 5.41) is 9.75. The monoisotopic (exact) mass is 365 g/mol. The van der Waals surface area contributed by atoms with E-state index in [9.17, 15) is 4.79 Å². The van der Waals surface area contributed by atoms with Crippen molar-refractivity contribution in [2.45, 2.75) is 26.8 Å². The quantitative estimate of drug-likeness (QED) is 0.597. The van der Waals surface area contributed by atoms with E-state index in [-0.39, 0.29) is 12.3 Å². The summed E-state index contributed by atoms with van der Waals surface area (Å²) in [5.74, 6) is 1.92. The number of ether oxygens (including phenoxy) is 1. The minimum absolute atomic E-state index is 0.101. The first kappa shape index (κ1) is 18.6. The highest BCUT2D eigenvalue weighted by Gasteiger charge is 2.07. The van der Waals surface area contributed by atoms with Crippen molar-refractivity contribution < 1.29 is 9.53 Å². The number of aryl methyl sites for hydroxylation is 2. The van der Waals surface area contributed by atoms with E-state index in [0.717, 1.165) is 22.4 Å². The second-order valence-electron chi connectivity index (χ2n) is 6.30. The van der Waals surface area contributed by atoms with Crippen LogP contribution in [0.3, 0.4) is 0 Å². The van der Waals surface area contributed by atoms with Crippen molar-refractivity contribution in [3.05, 3.63) is 59.4 Å². The zero-order valence-electron chi connectivity index (χ0n) is 15.5. The molecule has 0 bridgehead atoms. The largest absolute Gasteiger partial charge is 0.493 e. The molecule has 7 heteroatoms. The molecule has 0 fully saturated rings. The van der Waals surface area contributed by atoms with Gasteiger partial charge in [-0.25, -0.2) is 4.98 Å². The van der Waals surface area contributed by atoms with Gasteiger partial charge in [0.2, 0.25) is 5.91 Å². The van der Waals surface area contributed by atoms with Crippen molar-refractivity contribution in [2.24, 2.45) is 5.73 Å². The summed E-state index contributed by atoms with van der Waals surface area (Å²) in [7, 11) is 0. The maximum absolute atomic E-state index is 12.1. The molecule has 7 nitrogen and oxygen atoms in total. The molecule has 27 heavy (non-hydrogen) atoms. The molecule has 140 valence electrons. The highest BCUT2D eigenvalue weighted by atomic mass is 16.5. The third-order valence-corrected chi connectivity index (χ3v) is 4.08. The molecule has 1 heterocycles. The molecular weight excluding hydrogens is 342 g/mol. The molecule has 0 aliphatic carbocycles. The Balaban J connectivity index is 1.51. The van der Waals surface area contributed by atoms with Crippen LogP contribution in [0.5, 0.6) is 5.75 Å². The number of carbonyl (C=O) groups excluding carboxylic acids is 1. The minimum atomic E-state index is -0.101. The molecule has 0 saturated heterocycles. The Kier molecular flexibility index (Phi) is 5.83. The van der Waals surface area contributed by atoms with Crippen molar-refractivity contribution in [3.8, 4) is 17.1 Å². The van der Waals surface area contributed by atoms with Crippen LogP contribution >= 0.6 is 0 Å². The van der Waals surface area contributed by atoms with Crippen LogP contribution in [0.15, 0.2) is 42.5 Å². The molecular formula is C20H23N5O2. The molecule has 0 aliphatic heterocycles. The van der Waals surface area contributed by atoms with E-state index in [2.05, 4.69) is 20.5 Å². The van der Waals surface area contributed by atoms with E-state index in [0.29, 0.717) is 30.5 Å². The van der Waals surface area contributed by atoms with Gasteiger partial charge in [0.1, 0.15) is 11.6 Å². The lowest BCUT2D eigenvalue weighted by Crippen LogP contribution is -2.15. The highest BCUT2D eigenvalue weighted by Crippen LogP contribution is 2.20. The average Bonchev–Trinajstić information content (AvgIpc) is 3.14. The number of hydrogen-bond acceptors (Lipinski definition) is 5. The summed E-state index contributed by atoms with van der Waals surface area (Å²) in [6.07, 6.45) is 0.274. The Morgan fingerprint density at radius 1 is 1.19 bits per heavy atom. The topological polar surface area (TPSA) is 106 Å². The van der Waals surface area contributed by atoms with Gasteiger partial charge in [-0.05, 0) is 55.3 Å². The number of amides is 1. The van der Waals surface area contributed by atoms with Crippen molar-refractivity contribution in [1.29, 1.82) is 0 Å². The lowest BCUT2D eigenvalue weighted by molar-refractivity contribution is -0.116. The molecule has 0 aliphatic rings. The van der Waals surface area contributed by atoms with E-state index in [1.54, 1.807) is 0 Å². The molecule has 3 aromatic rings. The number of carbonyl (C=O) groups is 1. The van der Waals surface area contributed by atoms with Crippen molar-refractivity contribution in [1.82, 2.24) is 15.2 Å². The number of anilines is 1. The van der Waals surface area contributed by atoms with Crippen LogP contribution in [0.1, 0.15) is 23.4 Å². The summed E-state index contributed by atoms with van der Waals surface area (Å²) in [5.41, 5.74) is 9.27. The predicted molar refractivity (Wildman–Crippen MR) is 104 cm³/mol. The Labute approximate surface area is 158 Å². The van der Waals surface area contributed by atoms with Gasteiger partial charge in [0.15, 0.2) is 5.82 Å². The van der Waals surface area contributed by atoms with Gasteiger partial charge in [-0.3, -0.25) is 9.89 Å². The third kappa shape index (κ3) is 4.92. The maximum atomic E-state index is 12.1. The van der Waals surface area contributed by atoms with Crippen LogP contribution in [0, 0.1) is 13.8 Å². The second-order valence-corrected chi connectivity index (χ2v) is 6.30. The summed E-state index contributed by atoms with van der Waals surface area (Å²) >= 11 is 0. The van der Waals surface area contributed by atoms with Gasteiger partial charge < -0.3 is 15.8 Å². The van der Waals surface area contributed by atoms with Crippen LogP contribution < -0.4 is 15.8 Å². The zero-order chi connectivity index (χ0) is 19.2. The SMILES string of the molecule is Cc1ccc(C)c(OCCC(=O)Nc2ccc(-c3n[nH]c(CN)n3)cc2)c1. The molecule has 0 radical (unpaired) electrons. The van der Waals surface area contributed by atoms with Gasteiger partial charge >= 0.3 is 0 Å². The first-order valence-corrected chi connectivity index (χ1v) is 8.77. The number of aromatic amines is 1. The van der Waals surface area contributed by atoms with Gasteiger partial charge in [-0.1, -0.05) is 12.1 Å². The summed E-state index contributed by atoms with van der Waals surface area (Å²) in [6, 6.07) is 13.4. The van der Waals surface area contributed by atoms with Crippen LogP contribution in [0.2, 0.25) is 0 Å². The molecule has 1 amide bonds. The van der Waals surface area contributed by atoms with Crippen LogP contribution in [-0.2, 0) is 11.3 Å². The van der Waals surface area contributed by atoms with E-state index in [1.165, 1.54) is 0 Å². The number of benzene rings is 2. The standard InChI is InChI=1S/C20H23N5O2/c1-13-3-4-14(2)17(11-13)27-10-9-19(26)22-16-7-5-15(6-8-16)20-23-18(12-21)24-25-20/h3-8,11H,9-10,12,21H2,1-2H3,(H,22,26)(H,23,24,25). The molecule has 2 aromatic carbocycles. The summed E-state index contributed by atoms with van der Waals surface area (Å²) in [4.78, 5) is 16.4. The lowest BCUT2D eigenvalue weighted by atomic mass is 10.1. The van der Waals surface area contributed by atoms with Crippen molar-refractivity contribution >= 4 is 11.6 Å². The number of aromatic nitrogens is 3. The predicted octanol–water partition coefficient (Wildman–Crippen LogP) is 2.95. The Morgan fingerprint density at radius 2 is 1.96 bits per heavy atom. The van der Waals surface area contributed by atoms with Gasteiger partial charge in [0, 0.05) is 11.3 Å². The fourth-order valence-electron chi connectivity index (χ4n) is 2.56. The number of nitrogens with zero attached hydrogens (tertiary/aromatic N) is 2. The van der Waals surface area contributed by atoms with E-state index in [4.69, 9.17) is 10.5 Å². The number of hydrogen-bond donors (Lipinski definition) is 3. The lowest BCUT2D eigenvalue weighted by Gasteiger charge is -2.10. The second kappa shape index (κ2) is 8.46. The number of nitrogens with two attached hydrogens (primary N) is 1. The smallest absolute Gasteiger partial charge is 0.227 e. The number of H-pyrrole nitrogens is 1. The summed E-state index contributed by atoms with van der Waals surface area (Å²) in [6.45, 7) is 4.64. The minimum Gasteiger partial charge on any atom is -0.493 e. The molecule has 1 aromatic heterocycles. The molecule has 0 saturated carbocycles. The molecule has 0 spiro atoms. The molecule has 3 rings (SSSR count). The van der Waals surface area contributed by atoms with E-state index in [1.807, 2.05) is 56.3 Å². The first-order chi connectivity index (χ1) is 13.0. The van der Waals surface area contributed by atoms with Gasteiger partial charge in [0.25, 0.3) is 0 Å². The average molecular weight is 365 g/mol. The van der Waals surface area contributed by atoms with Gasteiger partial charge in [0.05, 0.1) is 19.6 Å². The van der Waals surface area contributed by atoms with E-state index < -0.39 is 0 Å². The zero-order valence-corrected chi connectivity index (χ0v) is 15.5. The Morgan fingerprint density at radius 3 is 2.67 bits per heavy atom. The van der Waals surface area contributed by atoms with E-state index >= 15 is 0 Å². The maximum Gasteiger partial charge on any atom is 0.227 e. The highest BCUT2D eigenvalue weighted by molar-refractivity contribution is 5.91. The van der Waals surface area contributed by atoms with Gasteiger partial charge in [-0.15, -0.1) is 0 Å². The van der Waals surface area contributed by atoms with Gasteiger partial charge in [-0.2, -0.15) is 5.10 Å². The molecule has 0 unspecified atom stereocenters. The Hall–Kier alpha value is -3.19. The third-order valence-electron chi connectivity index (χ3n) is 4.08. The van der Waals surface area contributed by atoms with Crippen LogP contribution in [-0.4, -0.2) is 27.7 Å². The van der Waals surface area contributed by atoms with Crippen molar-refractivity contribution in [2.75, 3.05) is 11.9 Å². The van der Waals surface area contributed by atoms with Crippen molar-refractivity contribution in [3.63, 3.8) is 0 Å². The Bertz CT molecular complexity index is 918.